The monoisotopic (exact) mass is 202 g/mol. The van der Waals surface area contributed by atoms with Gasteiger partial charge >= 0.3 is 0 Å². The van der Waals surface area contributed by atoms with E-state index in [-0.39, 0.29) is 6.10 Å². The van der Waals surface area contributed by atoms with E-state index >= 15 is 0 Å². The van der Waals surface area contributed by atoms with E-state index in [1.165, 1.54) is 12.8 Å². The van der Waals surface area contributed by atoms with Gasteiger partial charge in [0.1, 0.15) is 0 Å². The number of aliphatic hydroxyl groups excluding tert-OH is 1. The molecule has 0 rings (SSSR count). The molecule has 2 N–H and O–H groups in total. The smallest absolute Gasteiger partial charge is 0.0667 e. The van der Waals surface area contributed by atoms with Crippen molar-refractivity contribution >= 4 is 0 Å². The van der Waals surface area contributed by atoms with Gasteiger partial charge in [-0.2, -0.15) is 0 Å². The fourth-order valence-corrected chi connectivity index (χ4v) is 1.71. The quantitative estimate of drug-likeness (QED) is 0.594. The first-order valence-electron chi connectivity index (χ1n) is 5.98. The van der Waals surface area contributed by atoms with Crippen LogP contribution in [0.25, 0.3) is 0 Å². The summed E-state index contributed by atoms with van der Waals surface area (Å²) in [5.74, 6) is 0. The Balaban J connectivity index is 3.73. The molecule has 0 amide bonds. The molecule has 0 heterocycles. The summed E-state index contributed by atoms with van der Waals surface area (Å²) in [4.78, 5) is 0. The Labute approximate surface area is 88.3 Å². The average Bonchev–Trinajstić information content (AvgIpc) is 2.18. The maximum atomic E-state index is 10.00. The summed E-state index contributed by atoms with van der Waals surface area (Å²) in [6, 6.07) is 0. The van der Waals surface area contributed by atoms with Crippen LogP contribution in [-0.2, 0) is 0 Å². The maximum absolute atomic E-state index is 10.00. The predicted molar refractivity (Wildman–Crippen MR) is 60.3 cm³/mol. The zero-order valence-electron chi connectivity index (χ0n) is 9.92. The molecule has 1 atom stereocenters. The summed E-state index contributed by atoms with van der Waals surface area (Å²) in [6.45, 7) is 6.10. The zero-order valence-corrected chi connectivity index (χ0v) is 9.92. The molecule has 1 unspecified atom stereocenters. The van der Waals surface area contributed by atoms with Crippen LogP contribution in [0, 0.1) is 0 Å². The molecule has 14 heavy (non-hydrogen) atoms. The summed E-state index contributed by atoms with van der Waals surface area (Å²) in [5.41, 5.74) is -0.647. The molecule has 0 aromatic carbocycles. The van der Waals surface area contributed by atoms with Gasteiger partial charge in [0.25, 0.3) is 0 Å². The Morgan fingerprint density at radius 1 is 1.07 bits per heavy atom. The average molecular weight is 202 g/mol. The normalized spacial score (nSPS) is 14.4. The standard InChI is InChI=1S/C12H26O2/c1-4-7-8-9-11(13)10-12(14,5-2)6-3/h11,13-14H,4-10H2,1-3H3. The first-order valence-corrected chi connectivity index (χ1v) is 5.98. The Hall–Kier alpha value is -0.0800. The SMILES string of the molecule is CCCCCC(O)CC(O)(CC)CC. The highest BCUT2D eigenvalue weighted by atomic mass is 16.3. The van der Waals surface area contributed by atoms with Crippen LogP contribution in [-0.4, -0.2) is 21.9 Å². The van der Waals surface area contributed by atoms with Gasteiger partial charge in [0, 0.05) is 6.42 Å². The van der Waals surface area contributed by atoms with Crippen molar-refractivity contribution in [3.63, 3.8) is 0 Å². The van der Waals surface area contributed by atoms with Gasteiger partial charge in [0.15, 0.2) is 0 Å². The second kappa shape index (κ2) is 7.24. The van der Waals surface area contributed by atoms with Crippen molar-refractivity contribution in [2.45, 2.75) is 77.4 Å². The highest BCUT2D eigenvalue weighted by Crippen LogP contribution is 2.23. The Morgan fingerprint density at radius 2 is 1.64 bits per heavy atom. The van der Waals surface area contributed by atoms with E-state index in [1.807, 2.05) is 13.8 Å². The first kappa shape index (κ1) is 13.9. The molecular weight excluding hydrogens is 176 g/mol. The molecule has 0 spiro atoms. The topological polar surface area (TPSA) is 40.5 Å². The van der Waals surface area contributed by atoms with Crippen molar-refractivity contribution in [1.29, 1.82) is 0 Å². The van der Waals surface area contributed by atoms with Crippen LogP contribution >= 0.6 is 0 Å². The molecule has 0 aromatic rings. The van der Waals surface area contributed by atoms with Crippen LogP contribution in [0.2, 0.25) is 0 Å². The van der Waals surface area contributed by atoms with Gasteiger partial charge in [-0.05, 0) is 19.3 Å². The van der Waals surface area contributed by atoms with Crippen molar-refractivity contribution in [2.75, 3.05) is 0 Å². The Bertz CT molecular complexity index is 130. The van der Waals surface area contributed by atoms with Crippen molar-refractivity contribution < 1.29 is 10.2 Å². The minimum Gasteiger partial charge on any atom is -0.393 e. The molecule has 0 bridgehead atoms. The van der Waals surface area contributed by atoms with E-state index in [0.717, 1.165) is 25.7 Å². The highest BCUT2D eigenvalue weighted by Gasteiger charge is 2.25. The van der Waals surface area contributed by atoms with E-state index in [0.29, 0.717) is 6.42 Å². The number of hydrogen-bond donors (Lipinski definition) is 2. The lowest BCUT2D eigenvalue weighted by atomic mass is 9.89. The Morgan fingerprint density at radius 3 is 2.07 bits per heavy atom. The van der Waals surface area contributed by atoms with Crippen molar-refractivity contribution in [2.24, 2.45) is 0 Å². The number of rotatable bonds is 8. The van der Waals surface area contributed by atoms with Crippen LogP contribution in [0.15, 0.2) is 0 Å². The highest BCUT2D eigenvalue weighted by molar-refractivity contribution is 4.78. The van der Waals surface area contributed by atoms with Crippen molar-refractivity contribution in [1.82, 2.24) is 0 Å². The van der Waals surface area contributed by atoms with Gasteiger partial charge in [-0.1, -0.05) is 40.0 Å². The van der Waals surface area contributed by atoms with Crippen LogP contribution in [0.3, 0.4) is 0 Å². The number of hydrogen-bond acceptors (Lipinski definition) is 2. The van der Waals surface area contributed by atoms with E-state index in [9.17, 15) is 10.2 Å². The summed E-state index contributed by atoms with van der Waals surface area (Å²) in [6.07, 6.45) is 5.92. The third-order valence-electron chi connectivity index (χ3n) is 3.07. The van der Waals surface area contributed by atoms with Crippen molar-refractivity contribution in [3.8, 4) is 0 Å². The fourth-order valence-electron chi connectivity index (χ4n) is 1.71. The van der Waals surface area contributed by atoms with E-state index in [4.69, 9.17) is 0 Å². The molecule has 86 valence electrons. The largest absolute Gasteiger partial charge is 0.393 e. The molecule has 0 saturated carbocycles. The Kier molecular flexibility index (Phi) is 7.20. The van der Waals surface area contributed by atoms with Gasteiger partial charge < -0.3 is 10.2 Å². The first-order chi connectivity index (χ1) is 6.58. The van der Waals surface area contributed by atoms with Crippen molar-refractivity contribution in [3.05, 3.63) is 0 Å². The third kappa shape index (κ3) is 5.61. The molecule has 2 heteroatoms. The molecule has 0 aliphatic heterocycles. The van der Waals surface area contributed by atoms with Crippen LogP contribution in [0.1, 0.15) is 65.7 Å². The molecule has 0 aliphatic rings. The van der Waals surface area contributed by atoms with E-state index in [1.54, 1.807) is 0 Å². The third-order valence-corrected chi connectivity index (χ3v) is 3.07. The van der Waals surface area contributed by atoms with E-state index < -0.39 is 5.60 Å². The second-order valence-corrected chi connectivity index (χ2v) is 4.29. The summed E-state index contributed by atoms with van der Waals surface area (Å²) >= 11 is 0. The van der Waals surface area contributed by atoms with Crippen LogP contribution < -0.4 is 0 Å². The van der Waals surface area contributed by atoms with E-state index in [2.05, 4.69) is 6.92 Å². The molecule has 0 aromatic heterocycles. The number of unbranched alkanes of at least 4 members (excludes halogenated alkanes) is 2. The summed E-state index contributed by atoms with van der Waals surface area (Å²) in [5, 5.41) is 19.7. The van der Waals surface area contributed by atoms with Gasteiger partial charge in [0.05, 0.1) is 11.7 Å². The lowest BCUT2D eigenvalue weighted by Gasteiger charge is -2.27. The zero-order chi connectivity index (χ0) is 11.0. The van der Waals surface area contributed by atoms with Gasteiger partial charge in [-0.25, -0.2) is 0 Å². The van der Waals surface area contributed by atoms with Gasteiger partial charge in [0.2, 0.25) is 0 Å². The summed E-state index contributed by atoms with van der Waals surface area (Å²) < 4.78 is 0. The summed E-state index contributed by atoms with van der Waals surface area (Å²) in [7, 11) is 0. The number of aliphatic hydroxyl groups is 2. The minimum atomic E-state index is -0.647. The molecule has 2 nitrogen and oxygen atoms in total. The van der Waals surface area contributed by atoms with Crippen LogP contribution in [0.5, 0.6) is 0 Å². The predicted octanol–water partition coefficient (Wildman–Crippen LogP) is 2.87. The molecular formula is C12H26O2. The molecule has 0 aliphatic carbocycles. The van der Waals surface area contributed by atoms with Gasteiger partial charge in [-0.15, -0.1) is 0 Å². The lowest BCUT2D eigenvalue weighted by molar-refractivity contribution is -0.0192. The molecule has 0 radical (unpaired) electrons. The second-order valence-electron chi connectivity index (χ2n) is 4.29. The fraction of sp³-hybridized carbons (Fsp3) is 1.00. The molecule has 0 saturated heterocycles. The van der Waals surface area contributed by atoms with Crippen LogP contribution in [0.4, 0.5) is 0 Å². The maximum Gasteiger partial charge on any atom is 0.0667 e. The lowest BCUT2D eigenvalue weighted by Crippen LogP contribution is -2.31. The molecule has 0 fully saturated rings. The minimum absolute atomic E-state index is 0.327. The van der Waals surface area contributed by atoms with Gasteiger partial charge in [-0.3, -0.25) is 0 Å².